The lowest BCUT2D eigenvalue weighted by molar-refractivity contribution is 0.280. The van der Waals surface area contributed by atoms with Crippen LogP contribution >= 0.6 is 0 Å². The Bertz CT molecular complexity index is 734. The molecule has 0 saturated heterocycles. The molecule has 0 spiro atoms. The molecule has 0 bridgehead atoms. The second-order valence-corrected chi connectivity index (χ2v) is 5.12. The average molecular weight is 294 g/mol. The molecule has 22 heavy (non-hydrogen) atoms. The Morgan fingerprint density at radius 3 is 2.45 bits per heavy atom. The number of hydrogen-bond acceptors (Lipinski definition) is 3. The minimum absolute atomic E-state index is 0.0419. The fourth-order valence-electron chi connectivity index (χ4n) is 2.30. The van der Waals surface area contributed by atoms with Gasteiger partial charge < -0.3 is 9.84 Å². The first-order chi connectivity index (χ1) is 10.8. The molecule has 112 valence electrons. The van der Waals surface area contributed by atoms with E-state index in [4.69, 9.17) is 9.84 Å². The van der Waals surface area contributed by atoms with Gasteiger partial charge in [0.2, 0.25) is 0 Å². The van der Waals surface area contributed by atoms with Crippen LogP contribution in [-0.2, 0) is 13.2 Å². The summed E-state index contributed by atoms with van der Waals surface area (Å²) in [6.45, 7) is 2.45. The van der Waals surface area contributed by atoms with E-state index in [9.17, 15) is 0 Å². The van der Waals surface area contributed by atoms with E-state index in [0.29, 0.717) is 6.61 Å². The highest BCUT2D eigenvalue weighted by Crippen LogP contribution is 2.17. The van der Waals surface area contributed by atoms with Crippen LogP contribution in [0, 0.1) is 6.92 Å². The summed E-state index contributed by atoms with van der Waals surface area (Å²) in [7, 11) is 0. The summed E-state index contributed by atoms with van der Waals surface area (Å²) in [5, 5.41) is 13.6. The van der Waals surface area contributed by atoms with E-state index in [1.54, 1.807) is 0 Å². The Labute approximate surface area is 129 Å². The van der Waals surface area contributed by atoms with Gasteiger partial charge in [-0.15, -0.1) is 0 Å². The van der Waals surface area contributed by atoms with Gasteiger partial charge in [0, 0.05) is 0 Å². The predicted molar refractivity (Wildman–Crippen MR) is 85.0 cm³/mol. The molecule has 3 aromatic rings. The van der Waals surface area contributed by atoms with Crippen LogP contribution in [0.4, 0.5) is 0 Å². The van der Waals surface area contributed by atoms with Crippen molar-refractivity contribution < 1.29 is 9.84 Å². The van der Waals surface area contributed by atoms with E-state index in [-0.39, 0.29) is 6.61 Å². The second kappa shape index (κ2) is 6.45. The Hall–Kier alpha value is -2.59. The van der Waals surface area contributed by atoms with Crippen molar-refractivity contribution in [3.8, 4) is 11.4 Å². The fraction of sp³-hybridized carbons (Fsp3) is 0.167. The van der Waals surface area contributed by atoms with Gasteiger partial charge in [-0.1, -0.05) is 30.3 Å². The van der Waals surface area contributed by atoms with Gasteiger partial charge in [0.15, 0.2) is 0 Å². The predicted octanol–water partition coefficient (Wildman–Crippen LogP) is 3.25. The highest BCUT2D eigenvalue weighted by molar-refractivity contribution is 5.33. The van der Waals surface area contributed by atoms with Crippen LogP contribution in [0.5, 0.6) is 5.75 Å². The average Bonchev–Trinajstić information content (AvgIpc) is 2.95. The summed E-state index contributed by atoms with van der Waals surface area (Å²) in [6, 6.07) is 19.5. The van der Waals surface area contributed by atoms with Crippen molar-refractivity contribution in [2.24, 2.45) is 0 Å². The van der Waals surface area contributed by atoms with Crippen LogP contribution in [0.15, 0.2) is 60.7 Å². The number of aliphatic hydroxyl groups excluding tert-OH is 1. The molecular formula is C18H18N2O2. The summed E-state index contributed by atoms with van der Waals surface area (Å²) in [6.07, 6.45) is 0. The number of benzene rings is 2. The van der Waals surface area contributed by atoms with E-state index in [2.05, 4.69) is 5.10 Å². The van der Waals surface area contributed by atoms with Gasteiger partial charge in [-0.25, -0.2) is 4.68 Å². The maximum Gasteiger partial charge on any atom is 0.130 e. The Balaban J connectivity index is 1.77. The highest BCUT2D eigenvalue weighted by atomic mass is 16.5. The van der Waals surface area contributed by atoms with Crippen LogP contribution in [0.3, 0.4) is 0 Å². The first-order valence-electron chi connectivity index (χ1n) is 7.20. The molecule has 2 aromatic carbocycles. The summed E-state index contributed by atoms with van der Waals surface area (Å²) >= 11 is 0. The molecule has 0 aliphatic rings. The molecule has 0 aliphatic heterocycles. The lowest BCUT2D eigenvalue weighted by atomic mass is 10.2. The summed E-state index contributed by atoms with van der Waals surface area (Å²) in [5.41, 5.74) is 3.84. The minimum atomic E-state index is 0.0419. The van der Waals surface area contributed by atoms with Crippen molar-refractivity contribution in [2.45, 2.75) is 20.1 Å². The summed E-state index contributed by atoms with van der Waals surface area (Å²) in [5.74, 6) is 0.774. The number of hydrogen-bond donors (Lipinski definition) is 1. The van der Waals surface area contributed by atoms with Crippen LogP contribution < -0.4 is 4.74 Å². The van der Waals surface area contributed by atoms with Crippen LogP contribution in [-0.4, -0.2) is 14.9 Å². The molecule has 1 N–H and O–H groups in total. The van der Waals surface area contributed by atoms with E-state index < -0.39 is 0 Å². The fourth-order valence-corrected chi connectivity index (χ4v) is 2.30. The number of para-hydroxylation sites is 1. The van der Waals surface area contributed by atoms with Crippen LogP contribution in [0.25, 0.3) is 5.69 Å². The first-order valence-corrected chi connectivity index (χ1v) is 7.20. The zero-order chi connectivity index (χ0) is 15.4. The van der Waals surface area contributed by atoms with Crippen molar-refractivity contribution in [2.75, 3.05) is 0 Å². The van der Waals surface area contributed by atoms with E-state index in [1.165, 1.54) is 0 Å². The first kappa shape index (κ1) is 14.4. The van der Waals surface area contributed by atoms with Gasteiger partial charge in [-0.3, -0.25) is 0 Å². The molecule has 0 aliphatic carbocycles. The lowest BCUT2D eigenvalue weighted by Gasteiger charge is -2.09. The molecule has 0 amide bonds. The van der Waals surface area contributed by atoms with Crippen LogP contribution in [0.1, 0.15) is 17.0 Å². The highest BCUT2D eigenvalue weighted by Gasteiger charge is 2.08. The minimum Gasteiger partial charge on any atom is -0.487 e. The molecule has 0 unspecified atom stereocenters. The van der Waals surface area contributed by atoms with Gasteiger partial charge in [0.25, 0.3) is 0 Å². The van der Waals surface area contributed by atoms with Crippen molar-refractivity contribution in [1.29, 1.82) is 0 Å². The topological polar surface area (TPSA) is 47.3 Å². The SMILES string of the molecule is Cc1cc(COc2ccc(CO)cc2)n(-c2ccccc2)n1. The molecule has 0 radical (unpaired) electrons. The normalized spacial score (nSPS) is 10.6. The van der Waals surface area contributed by atoms with Gasteiger partial charge >= 0.3 is 0 Å². The smallest absolute Gasteiger partial charge is 0.130 e. The number of aryl methyl sites for hydroxylation is 1. The van der Waals surface area contributed by atoms with Crippen LogP contribution in [0.2, 0.25) is 0 Å². The number of ether oxygens (including phenoxy) is 1. The summed E-state index contributed by atoms with van der Waals surface area (Å²) in [4.78, 5) is 0. The van der Waals surface area contributed by atoms with Crippen molar-refractivity contribution >= 4 is 0 Å². The third-order valence-electron chi connectivity index (χ3n) is 3.40. The van der Waals surface area contributed by atoms with E-state index in [1.807, 2.05) is 72.3 Å². The van der Waals surface area contributed by atoms with Gasteiger partial charge in [-0.05, 0) is 42.8 Å². The van der Waals surface area contributed by atoms with Crippen molar-refractivity contribution in [3.63, 3.8) is 0 Å². The Morgan fingerprint density at radius 1 is 1.05 bits per heavy atom. The van der Waals surface area contributed by atoms with Gasteiger partial charge in [0.05, 0.1) is 23.7 Å². The number of aromatic nitrogens is 2. The summed E-state index contributed by atoms with van der Waals surface area (Å²) < 4.78 is 7.72. The van der Waals surface area contributed by atoms with Crippen molar-refractivity contribution in [1.82, 2.24) is 9.78 Å². The Morgan fingerprint density at radius 2 is 1.77 bits per heavy atom. The van der Waals surface area contributed by atoms with Gasteiger partial charge in [-0.2, -0.15) is 5.10 Å². The van der Waals surface area contributed by atoms with E-state index in [0.717, 1.165) is 28.4 Å². The number of rotatable bonds is 5. The molecule has 0 atom stereocenters. The second-order valence-electron chi connectivity index (χ2n) is 5.12. The molecule has 0 fully saturated rings. The standard InChI is InChI=1S/C18H18N2O2/c1-14-11-17(20(19-14)16-5-3-2-4-6-16)13-22-18-9-7-15(12-21)8-10-18/h2-11,21H,12-13H2,1H3. The third-order valence-corrected chi connectivity index (χ3v) is 3.40. The molecule has 4 nitrogen and oxygen atoms in total. The molecular weight excluding hydrogens is 276 g/mol. The zero-order valence-electron chi connectivity index (χ0n) is 12.4. The molecule has 1 aromatic heterocycles. The third kappa shape index (κ3) is 3.18. The monoisotopic (exact) mass is 294 g/mol. The quantitative estimate of drug-likeness (QED) is 0.785. The molecule has 0 saturated carbocycles. The maximum atomic E-state index is 9.05. The number of aliphatic hydroxyl groups is 1. The number of nitrogens with zero attached hydrogens (tertiary/aromatic N) is 2. The maximum absolute atomic E-state index is 9.05. The lowest BCUT2D eigenvalue weighted by Crippen LogP contribution is -2.05. The molecule has 1 heterocycles. The Kier molecular flexibility index (Phi) is 4.21. The largest absolute Gasteiger partial charge is 0.487 e. The van der Waals surface area contributed by atoms with E-state index >= 15 is 0 Å². The van der Waals surface area contributed by atoms with Crippen molar-refractivity contribution in [3.05, 3.63) is 77.6 Å². The molecule has 3 rings (SSSR count). The molecule has 4 heteroatoms. The van der Waals surface area contributed by atoms with Gasteiger partial charge in [0.1, 0.15) is 12.4 Å². The zero-order valence-corrected chi connectivity index (χ0v) is 12.4.